The summed E-state index contributed by atoms with van der Waals surface area (Å²) in [5.74, 6) is -0.109. The average molecular weight is 156 g/mol. The molecular weight excluding hydrogens is 144 g/mol. The summed E-state index contributed by atoms with van der Waals surface area (Å²) in [6, 6.07) is -0.0417. The van der Waals surface area contributed by atoms with Crippen molar-refractivity contribution in [1.82, 2.24) is 5.32 Å². The van der Waals surface area contributed by atoms with Gasteiger partial charge in [0.1, 0.15) is 0 Å². The van der Waals surface area contributed by atoms with E-state index in [1.807, 2.05) is 6.92 Å². The van der Waals surface area contributed by atoms with Crippen LogP contribution in [0.3, 0.4) is 0 Å². The highest BCUT2D eigenvalue weighted by Crippen LogP contribution is 2.17. The third-order valence-electron chi connectivity index (χ3n) is 1.96. The molecule has 0 radical (unpaired) electrons. The second-order valence-electron chi connectivity index (χ2n) is 3.03. The zero-order valence-corrected chi connectivity index (χ0v) is 6.46. The summed E-state index contributed by atoms with van der Waals surface area (Å²) in [6.45, 7) is 1.94. The smallest absolute Gasteiger partial charge is 0.220 e. The summed E-state index contributed by atoms with van der Waals surface area (Å²) in [5, 5.41) is 2.70. The van der Waals surface area contributed by atoms with Gasteiger partial charge >= 0.3 is 0 Å². The van der Waals surface area contributed by atoms with Crippen molar-refractivity contribution in [2.45, 2.75) is 25.8 Å². The van der Waals surface area contributed by atoms with Gasteiger partial charge in [-0.25, -0.2) is 0 Å². The van der Waals surface area contributed by atoms with Crippen LogP contribution >= 0.6 is 0 Å². The number of carbonyl (C=O) groups excluding carboxylic acids is 2. The molecule has 1 saturated heterocycles. The highest BCUT2D eigenvalue weighted by Gasteiger charge is 2.29. The van der Waals surface area contributed by atoms with Crippen LogP contribution in [-0.4, -0.2) is 17.9 Å². The van der Waals surface area contributed by atoms with Crippen molar-refractivity contribution in [3.63, 3.8) is 0 Å². The predicted molar refractivity (Wildman–Crippen MR) is 39.5 cm³/mol. The molecular formula is C7H12N2O2. The van der Waals surface area contributed by atoms with E-state index < -0.39 is 0 Å². The molecule has 2 atom stereocenters. The SMILES string of the molecule is CC1CC(=O)NC1CC(N)=O. The van der Waals surface area contributed by atoms with Gasteiger partial charge in [-0.15, -0.1) is 0 Å². The second kappa shape index (κ2) is 2.90. The Morgan fingerprint density at radius 1 is 1.82 bits per heavy atom. The zero-order chi connectivity index (χ0) is 8.43. The topological polar surface area (TPSA) is 72.2 Å². The van der Waals surface area contributed by atoms with E-state index in [4.69, 9.17) is 5.73 Å². The molecule has 1 heterocycles. The van der Waals surface area contributed by atoms with Gasteiger partial charge in [-0.2, -0.15) is 0 Å². The van der Waals surface area contributed by atoms with Gasteiger partial charge in [0.05, 0.1) is 0 Å². The first kappa shape index (κ1) is 8.04. The highest BCUT2D eigenvalue weighted by atomic mass is 16.2. The molecule has 11 heavy (non-hydrogen) atoms. The summed E-state index contributed by atoms with van der Waals surface area (Å²) in [7, 11) is 0. The Bertz CT molecular complexity index is 191. The minimum atomic E-state index is -0.357. The lowest BCUT2D eigenvalue weighted by atomic mass is 10.0. The van der Waals surface area contributed by atoms with Gasteiger partial charge in [0.2, 0.25) is 11.8 Å². The third-order valence-corrected chi connectivity index (χ3v) is 1.96. The maximum absolute atomic E-state index is 10.8. The van der Waals surface area contributed by atoms with Crippen LogP contribution in [0.2, 0.25) is 0 Å². The summed E-state index contributed by atoms with van der Waals surface area (Å²) in [6.07, 6.45) is 0.769. The van der Waals surface area contributed by atoms with Crippen molar-refractivity contribution in [1.29, 1.82) is 0 Å². The largest absolute Gasteiger partial charge is 0.370 e. The average Bonchev–Trinajstić information content (AvgIpc) is 2.09. The molecule has 1 fully saturated rings. The molecule has 4 nitrogen and oxygen atoms in total. The lowest BCUT2D eigenvalue weighted by Crippen LogP contribution is -2.32. The van der Waals surface area contributed by atoms with Crippen molar-refractivity contribution in [2.75, 3.05) is 0 Å². The van der Waals surface area contributed by atoms with Crippen LogP contribution in [0.15, 0.2) is 0 Å². The van der Waals surface area contributed by atoms with Crippen LogP contribution in [0, 0.1) is 5.92 Å². The maximum atomic E-state index is 10.8. The number of hydrogen-bond acceptors (Lipinski definition) is 2. The minimum absolute atomic E-state index is 0.0174. The van der Waals surface area contributed by atoms with Crippen LogP contribution in [-0.2, 0) is 9.59 Å². The molecule has 0 aliphatic carbocycles. The molecule has 4 heteroatoms. The van der Waals surface area contributed by atoms with E-state index in [1.54, 1.807) is 0 Å². The fraction of sp³-hybridized carbons (Fsp3) is 0.714. The van der Waals surface area contributed by atoms with E-state index in [9.17, 15) is 9.59 Å². The number of carbonyl (C=O) groups is 2. The van der Waals surface area contributed by atoms with Crippen molar-refractivity contribution in [3.05, 3.63) is 0 Å². The number of hydrogen-bond donors (Lipinski definition) is 2. The van der Waals surface area contributed by atoms with Crippen LogP contribution in [0.5, 0.6) is 0 Å². The lowest BCUT2D eigenvalue weighted by Gasteiger charge is -2.11. The standard InChI is InChI=1S/C7H12N2O2/c1-4-2-7(11)9-5(4)3-6(8)10/h4-5H,2-3H2,1H3,(H2,8,10)(H,9,11). The molecule has 0 aromatic carbocycles. The number of primary amides is 1. The van der Waals surface area contributed by atoms with E-state index in [0.717, 1.165) is 0 Å². The molecule has 2 unspecified atom stereocenters. The zero-order valence-electron chi connectivity index (χ0n) is 6.46. The maximum Gasteiger partial charge on any atom is 0.220 e. The minimum Gasteiger partial charge on any atom is -0.370 e. The first-order chi connectivity index (χ1) is 5.09. The molecule has 3 N–H and O–H groups in total. The van der Waals surface area contributed by atoms with E-state index in [2.05, 4.69) is 5.32 Å². The Morgan fingerprint density at radius 3 is 2.82 bits per heavy atom. The van der Waals surface area contributed by atoms with Gasteiger partial charge in [0.25, 0.3) is 0 Å². The van der Waals surface area contributed by atoms with Gasteiger partial charge in [-0.3, -0.25) is 9.59 Å². The Labute approximate surface area is 65.1 Å². The summed E-state index contributed by atoms with van der Waals surface area (Å²) >= 11 is 0. The fourth-order valence-corrected chi connectivity index (χ4v) is 1.31. The molecule has 0 spiro atoms. The fourth-order valence-electron chi connectivity index (χ4n) is 1.31. The predicted octanol–water partition coefficient (Wildman–Crippen LogP) is -0.614. The number of amides is 2. The Hall–Kier alpha value is -1.06. The molecule has 62 valence electrons. The molecule has 0 aromatic heterocycles. The summed E-state index contributed by atoms with van der Waals surface area (Å²) in [5.41, 5.74) is 4.99. The van der Waals surface area contributed by atoms with Crippen LogP contribution < -0.4 is 11.1 Å². The van der Waals surface area contributed by atoms with Gasteiger partial charge in [0.15, 0.2) is 0 Å². The molecule has 0 aromatic rings. The third kappa shape index (κ3) is 1.93. The van der Waals surface area contributed by atoms with Crippen LogP contribution in [0.1, 0.15) is 19.8 Å². The van der Waals surface area contributed by atoms with Crippen molar-refractivity contribution in [2.24, 2.45) is 11.7 Å². The molecule has 0 bridgehead atoms. The van der Waals surface area contributed by atoms with Gasteiger partial charge in [-0.1, -0.05) is 6.92 Å². The van der Waals surface area contributed by atoms with Gasteiger partial charge in [0, 0.05) is 18.9 Å². The molecule has 1 aliphatic heterocycles. The molecule has 2 amide bonds. The van der Waals surface area contributed by atoms with Crippen LogP contribution in [0.25, 0.3) is 0 Å². The normalized spacial score (nSPS) is 30.1. The summed E-state index contributed by atoms with van der Waals surface area (Å²) < 4.78 is 0. The Morgan fingerprint density at radius 2 is 2.45 bits per heavy atom. The Kier molecular flexibility index (Phi) is 2.12. The molecule has 1 aliphatic rings. The molecule has 0 saturated carbocycles. The van der Waals surface area contributed by atoms with E-state index in [1.165, 1.54) is 0 Å². The first-order valence-electron chi connectivity index (χ1n) is 3.67. The summed E-state index contributed by atoms with van der Waals surface area (Å²) in [4.78, 5) is 21.3. The van der Waals surface area contributed by atoms with Crippen molar-refractivity contribution in [3.8, 4) is 0 Å². The van der Waals surface area contributed by atoms with E-state index in [-0.39, 0.29) is 30.2 Å². The van der Waals surface area contributed by atoms with Gasteiger partial charge < -0.3 is 11.1 Å². The lowest BCUT2D eigenvalue weighted by molar-refractivity contribution is -0.119. The quantitative estimate of drug-likeness (QED) is 0.559. The molecule has 1 rings (SSSR count). The van der Waals surface area contributed by atoms with E-state index >= 15 is 0 Å². The number of nitrogens with one attached hydrogen (secondary N) is 1. The van der Waals surface area contributed by atoms with Crippen molar-refractivity contribution < 1.29 is 9.59 Å². The van der Waals surface area contributed by atoms with Crippen molar-refractivity contribution >= 4 is 11.8 Å². The first-order valence-corrected chi connectivity index (χ1v) is 3.67. The Balaban J connectivity index is 2.46. The highest BCUT2D eigenvalue weighted by molar-refractivity contribution is 5.81. The number of nitrogens with two attached hydrogens (primary N) is 1. The van der Waals surface area contributed by atoms with E-state index in [0.29, 0.717) is 6.42 Å². The monoisotopic (exact) mass is 156 g/mol. The second-order valence-corrected chi connectivity index (χ2v) is 3.03. The van der Waals surface area contributed by atoms with Gasteiger partial charge in [-0.05, 0) is 5.92 Å². The number of rotatable bonds is 2. The van der Waals surface area contributed by atoms with Crippen LogP contribution in [0.4, 0.5) is 0 Å².